The van der Waals surface area contributed by atoms with E-state index >= 15 is 0 Å². The lowest BCUT2D eigenvalue weighted by molar-refractivity contribution is 0.256. The van der Waals surface area contributed by atoms with Crippen LogP contribution in [0.2, 0.25) is 0 Å². The average Bonchev–Trinajstić information content (AvgIpc) is 2.57. The fraction of sp³-hybridized carbons (Fsp3) is 0.294. The van der Waals surface area contributed by atoms with Crippen molar-refractivity contribution in [2.75, 3.05) is 34.8 Å². The van der Waals surface area contributed by atoms with E-state index in [4.69, 9.17) is 0 Å². The standard InChI is InChI=1S/C17H19BrN4O/c1-3-21-9-10-22(15-5-4-8-19-16(15)21)17(23)20-13-6-7-14(18)12(2)11-13/h4-8,11H,3,9-10H2,1-2H3,(H,20,23). The van der Waals surface area contributed by atoms with Crippen molar-refractivity contribution in [3.05, 3.63) is 46.6 Å². The lowest BCUT2D eigenvalue weighted by Crippen LogP contribution is -2.46. The van der Waals surface area contributed by atoms with Gasteiger partial charge in [-0.3, -0.25) is 4.90 Å². The normalized spacial score (nSPS) is 13.7. The average molecular weight is 375 g/mol. The van der Waals surface area contributed by atoms with Crippen LogP contribution >= 0.6 is 15.9 Å². The molecule has 0 saturated carbocycles. The zero-order valence-corrected chi connectivity index (χ0v) is 14.8. The van der Waals surface area contributed by atoms with Crippen LogP contribution in [0.5, 0.6) is 0 Å². The molecule has 0 radical (unpaired) electrons. The number of amides is 2. The Bertz CT molecular complexity index is 734. The number of halogens is 1. The van der Waals surface area contributed by atoms with Crippen LogP contribution in [-0.4, -0.2) is 30.6 Å². The van der Waals surface area contributed by atoms with Gasteiger partial charge in [0.05, 0.1) is 5.69 Å². The number of aryl methyl sites for hydroxylation is 1. The number of fused-ring (bicyclic) bond motifs is 1. The van der Waals surface area contributed by atoms with Gasteiger partial charge >= 0.3 is 6.03 Å². The zero-order valence-electron chi connectivity index (χ0n) is 13.2. The minimum absolute atomic E-state index is 0.128. The summed E-state index contributed by atoms with van der Waals surface area (Å²) in [5.74, 6) is 0.864. The van der Waals surface area contributed by atoms with E-state index in [2.05, 4.69) is 38.1 Å². The van der Waals surface area contributed by atoms with Gasteiger partial charge in [0.25, 0.3) is 0 Å². The molecule has 1 aliphatic rings. The molecule has 2 aromatic rings. The van der Waals surface area contributed by atoms with Gasteiger partial charge in [0, 0.05) is 36.0 Å². The molecular weight excluding hydrogens is 356 g/mol. The Kier molecular flexibility index (Phi) is 4.52. The molecule has 2 amide bonds. The molecule has 0 aliphatic carbocycles. The lowest BCUT2D eigenvalue weighted by Gasteiger charge is -2.36. The fourth-order valence-electron chi connectivity index (χ4n) is 2.72. The molecule has 5 nitrogen and oxygen atoms in total. The molecule has 2 heterocycles. The summed E-state index contributed by atoms with van der Waals surface area (Å²) in [6, 6.07) is 9.46. The summed E-state index contributed by atoms with van der Waals surface area (Å²) < 4.78 is 1.03. The van der Waals surface area contributed by atoms with E-state index in [1.165, 1.54) is 0 Å². The number of nitrogens with zero attached hydrogens (tertiary/aromatic N) is 3. The molecule has 0 bridgehead atoms. The van der Waals surface area contributed by atoms with Gasteiger partial charge in [-0.1, -0.05) is 15.9 Å². The summed E-state index contributed by atoms with van der Waals surface area (Å²) >= 11 is 3.47. The van der Waals surface area contributed by atoms with Gasteiger partial charge in [-0.2, -0.15) is 0 Å². The minimum atomic E-state index is -0.128. The highest BCUT2D eigenvalue weighted by Crippen LogP contribution is 2.31. The van der Waals surface area contributed by atoms with Crippen LogP contribution in [0.3, 0.4) is 0 Å². The molecular formula is C17H19BrN4O. The highest BCUT2D eigenvalue weighted by molar-refractivity contribution is 9.10. The highest BCUT2D eigenvalue weighted by Gasteiger charge is 2.26. The Hall–Kier alpha value is -2.08. The number of rotatable bonds is 2. The van der Waals surface area contributed by atoms with Gasteiger partial charge in [-0.15, -0.1) is 0 Å². The van der Waals surface area contributed by atoms with Crippen molar-refractivity contribution in [3.8, 4) is 0 Å². The third-order valence-electron chi connectivity index (χ3n) is 3.99. The molecule has 120 valence electrons. The molecule has 1 N–H and O–H groups in total. The third-order valence-corrected chi connectivity index (χ3v) is 4.88. The summed E-state index contributed by atoms with van der Waals surface area (Å²) in [6.45, 7) is 6.41. The molecule has 1 aliphatic heterocycles. The fourth-order valence-corrected chi connectivity index (χ4v) is 2.97. The summed E-state index contributed by atoms with van der Waals surface area (Å²) in [7, 11) is 0. The van der Waals surface area contributed by atoms with Crippen LogP contribution in [0, 0.1) is 6.92 Å². The first-order valence-electron chi connectivity index (χ1n) is 7.64. The molecule has 0 atom stereocenters. The van der Waals surface area contributed by atoms with Gasteiger partial charge in [-0.05, 0) is 49.7 Å². The number of carbonyl (C=O) groups is 1. The largest absolute Gasteiger partial charge is 0.353 e. The lowest BCUT2D eigenvalue weighted by atomic mass is 10.2. The van der Waals surface area contributed by atoms with Gasteiger partial charge in [0.2, 0.25) is 0 Å². The molecule has 0 spiro atoms. The first-order valence-corrected chi connectivity index (χ1v) is 8.44. The number of benzene rings is 1. The predicted octanol–water partition coefficient (Wildman–Crippen LogP) is 4.03. The number of likely N-dealkylation sites (N-methyl/N-ethyl adjacent to an activating group) is 1. The number of pyridine rings is 1. The molecule has 0 saturated heterocycles. The molecule has 1 aromatic heterocycles. The number of urea groups is 1. The van der Waals surface area contributed by atoms with Crippen molar-refractivity contribution in [1.29, 1.82) is 0 Å². The number of aromatic nitrogens is 1. The summed E-state index contributed by atoms with van der Waals surface area (Å²) in [6.07, 6.45) is 1.76. The van der Waals surface area contributed by atoms with E-state index in [0.29, 0.717) is 6.54 Å². The molecule has 0 unspecified atom stereocenters. The maximum atomic E-state index is 12.7. The number of anilines is 3. The Morgan fingerprint density at radius 1 is 1.35 bits per heavy atom. The van der Waals surface area contributed by atoms with E-state index in [-0.39, 0.29) is 6.03 Å². The molecule has 1 aromatic carbocycles. The van der Waals surface area contributed by atoms with Crippen molar-refractivity contribution >= 4 is 39.2 Å². The van der Waals surface area contributed by atoms with Crippen LogP contribution < -0.4 is 15.1 Å². The van der Waals surface area contributed by atoms with Crippen molar-refractivity contribution in [1.82, 2.24) is 4.98 Å². The van der Waals surface area contributed by atoms with Gasteiger partial charge in [0.15, 0.2) is 5.82 Å². The predicted molar refractivity (Wildman–Crippen MR) is 97.4 cm³/mol. The Morgan fingerprint density at radius 2 is 2.17 bits per heavy atom. The Labute approximate surface area is 144 Å². The van der Waals surface area contributed by atoms with E-state index in [1.54, 1.807) is 11.1 Å². The topological polar surface area (TPSA) is 48.5 Å². The monoisotopic (exact) mass is 374 g/mol. The van der Waals surface area contributed by atoms with Crippen molar-refractivity contribution in [2.45, 2.75) is 13.8 Å². The second-order valence-electron chi connectivity index (χ2n) is 5.47. The van der Waals surface area contributed by atoms with Gasteiger partial charge in [-0.25, -0.2) is 9.78 Å². The first kappa shape index (κ1) is 15.8. The third kappa shape index (κ3) is 3.17. The first-order chi connectivity index (χ1) is 11.1. The Morgan fingerprint density at radius 3 is 2.91 bits per heavy atom. The van der Waals surface area contributed by atoms with Crippen LogP contribution in [0.1, 0.15) is 12.5 Å². The number of carbonyl (C=O) groups excluding carboxylic acids is 1. The Balaban J connectivity index is 1.84. The number of hydrogen-bond acceptors (Lipinski definition) is 3. The van der Waals surface area contributed by atoms with E-state index in [9.17, 15) is 4.79 Å². The maximum Gasteiger partial charge on any atom is 0.326 e. The second kappa shape index (κ2) is 6.58. The quantitative estimate of drug-likeness (QED) is 0.862. The second-order valence-corrected chi connectivity index (χ2v) is 6.33. The van der Waals surface area contributed by atoms with Crippen LogP contribution in [-0.2, 0) is 0 Å². The SMILES string of the molecule is CCN1CCN(C(=O)Nc2ccc(Br)c(C)c2)c2cccnc21. The summed E-state index contributed by atoms with van der Waals surface area (Å²) in [4.78, 5) is 21.1. The molecule has 23 heavy (non-hydrogen) atoms. The number of hydrogen-bond donors (Lipinski definition) is 1. The van der Waals surface area contributed by atoms with E-state index in [1.807, 2.05) is 37.3 Å². The molecule has 6 heteroatoms. The molecule has 3 rings (SSSR count). The summed E-state index contributed by atoms with van der Waals surface area (Å²) in [5, 5.41) is 2.97. The minimum Gasteiger partial charge on any atom is -0.353 e. The summed E-state index contributed by atoms with van der Waals surface area (Å²) in [5.41, 5.74) is 2.73. The smallest absolute Gasteiger partial charge is 0.326 e. The van der Waals surface area contributed by atoms with Gasteiger partial charge in [0.1, 0.15) is 0 Å². The maximum absolute atomic E-state index is 12.7. The van der Waals surface area contributed by atoms with Crippen molar-refractivity contribution in [2.24, 2.45) is 0 Å². The molecule has 0 fully saturated rings. The van der Waals surface area contributed by atoms with E-state index in [0.717, 1.165) is 40.3 Å². The zero-order chi connectivity index (χ0) is 16.4. The highest BCUT2D eigenvalue weighted by atomic mass is 79.9. The van der Waals surface area contributed by atoms with Crippen LogP contribution in [0.15, 0.2) is 41.0 Å². The van der Waals surface area contributed by atoms with E-state index < -0.39 is 0 Å². The van der Waals surface area contributed by atoms with Gasteiger partial charge < -0.3 is 10.2 Å². The number of nitrogens with one attached hydrogen (secondary N) is 1. The van der Waals surface area contributed by atoms with Crippen molar-refractivity contribution < 1.29 is 4.79 Å². The van der Waals surface area contributed by atoms with Crippen LogP contribution in [0.25, 0.3) is 0 Å². The van der Waals surface area contributed by atoms with Crippen molar-refractivity contribution in [3.63, 3.8) is 0 Å². The van der Waals surface area contributed by atoms with Crippen LogP contribution in [0.4, 0.5) is 22.0 Å².